The Balaban J connectivity index is 2.27. The Morgan fingerprint density at radius 2 is 2.36 bits per heavy atom. The summed E-state index contributed by atoms with van der Waals surface area (Å²) in [5, 5.41) is 8.23. The minimum Gasteiger partial charge on any atom is -0.314 e. The summed E-state index contributed by atoms with van der Waals surface area (Å²) in [7, 11) is 0. The number of aromatic nitrogens is 3. The fourth-order valence-electron chi connectivity index (χ4n) is 1.98. The number of aryl methyl sites for hydroxylation is 2. The predicted molar refractivity (Wildman–Crippen MR) is 51.9 cm³/mol. The van der Waals surface area contributed by atoms with Crippen LogP contribution in [0, 0.1) is 5.92 Å². The van der Waals surface area contributed by atoms with Gasteiger partial charge in [-0.1, -0.05) is 6.92 Å². The van der Waals surface area contributed by atoms with Gasteiger partial charge in [-0.2, -0.15) is 0 Å². The Labute approximate surface area is 83.3 Å². The Morgan fingerprint density at radius 3 is 3.00 bits per heavy atom. The second-order valence-electron chi connectivity index (χ2n) is 3.84. The Hall–Kier alpha value is -1.19. The van der Waals surface area contributed by atoms with Gasteiger partial charge in [0.25, 0.3) is 0 Å². The van der Waals surface area contributed by atoms with Crippen LogP contribution < -0.4 is 0 Å². The molecule has 1 aromatic rings. The van der Waals surface area contributed by atoms with Crippen molar-refractivity contribution in [3.63, 3.8) is 0 Å². The van der Waals surface area contributed by atoms with Gasteiger partial charge in [-0.25, -0.2) is 0 Å². The van der Waals surface area contributed by atoms with E-state index >= 15 is 0 Å². The van der Waals surface area contributed by atoms with E-state index in [2.05, 4.69) is 21.7 Å². The lowest BCUT2D eigenvalue weighted by atomic mass is 9.96. The van der Waals surface area contributed by atoms with Crippen molar-refractivity contribution in [3.05, 3.63) is 11.6 Å². The number of nitrogens with zero attached hydrogens (tertiary/aromatic N) is 3. The third kappa shape index (κ3) is 1.45. The Kier molecular flexibility index (Phi) is 2.35. The van der Waals surface area contributed by atoms with Crippen molar-refractivity contribution in [1.29, 1.82) is 0 Å². The zero-order valence-electron chi connectivity index (χ0n) is 8.66. The van der Waals surface area contributed by atoms with E-state index in [4.69, 9.17) is 0 Å². The van der Waals surface area contributed by atoms with Crippen LogP contribution in [0.25, 0.3) is 0 Å². The maximum atomic E-state index is 11.3. The molecule has 2 rings (SSSR count). The van der Waals surface area contributed by atoms with E-state index in [-0.39, 0.29) is 11.7 Å². The first-order chi connectivity index (χ1) is 6.72. The van der Waals surface area contributed by atoms with Gasteiger partial charge in [0, 0.05) is 25.3 Å². The normalized spacial score (nSPS) is 20.6. The van der Waals surface area contributed by atoms with Gasteiger partial charge in [0.1, 0.15) is 17.4 Å². The molecule has 0 bridgehead atoms. The molecular formula is C10H15N3O. The van der Waals surface area contributed by atoms with E-state index in [1.54, 1.807) is 6.92 Å². The fraction of sp³-hybridized carbons (Fsp3) is 0.700. The van der Waals surface area contributed by atoms with Gasteiger partial charge in [-0.15, -0.1) is 10.2 Å². The molecule has 76 valence electrons. The first-order valence-corrected chi connectivity index (χ1v) is 5.13. The molecule has 14 heavy (non-hydrogen) atoms. The van der Waals surface area contributed by atoms with E-state index in [1.165, 1.54) is 0 Å². The molecular weight excluding hydrogens is 178 g/mol. The lowest BCUT2D eigenvalue weighted by molar-refractivity contribution is -0.121. The van der Waals surface area contributed by atoms with Crippen molar-refractivity contribution in [2.24, 2.45) is 5.92 Å². The Bertz CT molecular complexity index is 343. The molecule has 4 nitrogen and oxygen atoms in total. The minimum atomic E-state index is 0.170. The third-order valence-corrected chi connectivity index (χ3v) is 2.91. The van der Waals surface area contributed by atoms with Crippen molar-refractivity contribution in [2.75, 3.05) is 0 Å². The molecule has 0 saturated carbocycles. The van der Waals surface area contributed by atoms with Gasteiger partial charge in [-0.05, 0) is 13.3 Å². The molecule has 2 heterocycles. The van der Waals surface area contributed by atoms with E-state index < -0.39 is 0 Å². The van der Waals surface area contributed by atoms with Crippen molar-refractivity contribution in [3.8, 4) is 0 Å². The average Bonchev–Trinajstić information content (AvgIpc) is 2.59. The standard InChI is InChI=1S/C10H15N3O/c1-3-9-11-12-10-5-4-8(7(2)14)6-13(9)10/h8H,3-6H2,1-2H3. The number of hydrogen-bond acceptors (Lipinski definition) is 3. The smallest absolute Gasteiger partial charge is 0.134 e. The summed E-state index contributed by atoms with van der Waals surface area (Å²) in [6.45, 7) is 4.52. The van der Waals surface area contributed by atoms with E-state index in [9.17, 15) is 4.79 Å². The third-order valence-electron chi connectivity index (χ3n) is 2.91. The monoisotopic (exact) mass is 193 g/mol. The van der Waals surface area contributed by atoms with Crippen molar-refractivity contribution < 1.29 is 4.79 Å². The highest BCUT2D eigenvalue weighted by molar-refractivity contribution is 5.78. The molecule has 4 heteroatoms. The van der Waals surface area contributed by atoms with Gasteiger partial charge in [0.15, 0.2) is 0 Å². The molecule has 1 unspecified atom stereocenters. The molecule has 0 amide bonds. The van der Waals surface area contributed by atoms with Crippen LogP contribution in [-0.4, -0.2) is 20.5 Å². The van der Waals surface area contributed by atoms with Crippen LogP contribution in [0.15, 0.2) is 0 Å². The highest BCUT2D eigenvalue weighted by Gasteiger charge is 2.24. The van der Waals surface area contributed by atoms with E-state index in [0.29, 0.717) is 0 Å². The van der Waals surface area contributed by atoms with Crippen molar-refractivity contribution >= 4 is 5.78 Å². The van der Waals surface area contributed by atoms with Crippen LogP contribution in [0.1, 0.15) is 31.9 Å². The zero-order valence-corrected chi connectivity index (χ0v) is 8.66. The fourth-order valence-corrected chi connectivity index (χ4v) is 1.98. The van der Waals surface area contributed by atoms with Crippen LogP contribution in [0.3, 0.4) is 0 Å². The lowest BCUT2D eigenvalue weighted by Gasteiger charge is -2.21. The molecule has 1 aliphatic rings. The number of carbonyl (C=O) groups is 1. The summed E-state index contributed by atoms with van der Waals surface area (Å²) in [4.78, 5) is 11.3. The van der Waals surface area contributed by atoms with E-state index in [1.807, 2.05) is 0 Å². The summed E-state index contributed by atoms with van der Waals surface area (Å²) in [5.41, 5.74) is 0. The number of fused-ring (bicyclic) bond motifs is 1. The van der Waals surface area contributed by atoms with E-state index in [0.717, 1.165) is 37.5 Å². The van der Waals surface area contributed by atoms with Gasteiger partial charge in [0.2, 0.25) is 0 Å². The van der Waals surface area contributed by atoms with Crippen LogP contribution in [0.4, 0.5) is 0 Å². The Morgan fingerprint density at radius 1 is 1.57 bits per heavy atom. The highest BCUT2D eigenvalue weighted by Crippen LogP contribution is 2.20. The SMILES string of the molecule is CCc1nnc2n1CC(C(C)=O)CC2. The molecule has 1 atom stereocenters. The van der Waals surface area contributed by atoms with Gasteiger partial charge < -0.3 is 4.57 Å². The second-order valence-corrected chi connectivity index (χ2v) is 3.84. The largest absolute Gasteiger partial charge is 0.314 e. The molecule has 0 spiro atoms. The molecule has 0 saturated heterocycles. The molecule has 0 N–H and O–H groups in total. The summed E-state index contributed by atoms with van der Waals surface area (Å²) >= 11 is 0. The minimum absolute atomic E-state index is 0.170. The van der Waals surface area contributed by atoms with Gasteiger partial charge in [-0.3, -0.25) is 4.79 Å². The van der Waals surface area contributed by atoms with Crippen LogP contribution in [0.2, 0.25) is 0 Å². The predicted octanol–water partition coefficient (Wildman–Crippen LogP) is 0.992. The number of carbonyl (C=O) groups excluding carboxylic acids is 1. The topological polar surface area (TPSA) is 47.8 Å². The number of Topliss-reactive ketones (excluding diaryl/α,β-unsaturated/α-hetero) is 1. The molecule has 1 aliphatic heterocycles. The number of ketones is 1. The quantitative estimate of drug-likeness (QED) is 0.703. The molecule has 1 aromatic heterocycles. The average molecular weight is 193 g/mol. The molecule has 0 aliphatic carbocycles. The summed E-state index contributed by atoms with van der Waals surface area (Å²) in [6, 6.07) is 0. The van der Waals surface area contributed by atoms with Crippen LogP contribution in [-0.2, 0) is 24.2 Å². The molecule has 0 radical (unpaired) electrons. The first-order valence-electron chi connectivity index (χ1n) is 5.13. The number of rotatable bonds is 2. The van der Waals surface area contributed by atoms with Crippen molar-refractivity contribution in [2.45, 2.75) is 39.7 Å². The van der Waals surface area contributed by atoms with Crippen LogP contribution in [0.5, 0.6) is 0 Å². The lowest BCUT2D eigenvalue weighted by Crippen LogP contribution is -2.26. The summed E-state index contributed by atoms with van der Waals surface area (Å²) in [6.07, 6.45) is 2.70. The first kappa shape index (κ1) is 9.37. The summed E-state index contributed by atoms with van der Waals surface area (Å²) in [5.74, 6) is 2.50. The van der Waals surface area contributed by atoms with Gasteiger partial charge in [0.05, 0.1) is 0 Å². The molecule has 0 aromatic carbocycles. The maximum absolute atomic E-state index is 11.3. The second kappa shape index (κ2) is 3.52. The number of hydrogen-bond donors (Lipinski definition) is 0. The van der Waals surface area contributed by atoms with Crippen LogP contribution >= 0.6 is 0 Å². The van der Waals surface area contributed by atoms with Gasteiger partial charge >= 0.3 is 0 Å². The van der Waals surface area contributed by atoms with Crippen molar-refractivity contribution in [1.82, 2.24) is 14.8 Å². The molecule has 0 fully saturated rings. The maximum Gasteiger partial charge on any atom is 0.134 e. The zero-order chi connectivity index (χ0) is 10.1. The summed E-state index contributed by atoms with van der Waals surface area (Å²) < 4.78 is 2.11. The highest BCUT2D eigenvalue weighted by atomic mass is 16.1.